The van der Waals surface area contributed by atoms with Gasteiger partial charge in [-0.3, -0.25) is 4.40 Å². The van der Waals surface area contributed by atoms with E-state index in [2.05, 4.69) is 20.5 Å². The molecule has 0 aliphatic heterocycles. The minimum absolute atomic E-state index is 0.564. The number of nitrogens with one attached hydrogen (secondary N) is 1. The van der Waals surface area contributed by atoms with Crippen molar-refractivity contribution in [2.75, 3.05) is 31.6 Å². The maximum absolute atomic E-state index is 5.32. The normalized spacial score (nSPS) is 10.9. The summed E-state index contributed by atoms with van der Waals surface area (Å²) in [7, 11) is 0. The fraction of sp³-hybridized carbons (Fsp3) is 0.500. The second-order valence-corrected chi connectivity index (χ2v) is 3.52. The van der Waals surface area contributed by atoms with Crippen molar-refractivity contribution in [1.29, 1.82) is 0 Å². The molecule has 7 heteroatoms. The molecular formula is C10H16N6O. The number of anilines is 1. The van der Waals surface area contributed by atoms with Gasteiger partial charge in [0.1, 0.15) is 6.33 Å². The van der Waals surface area contributed by atoms with Gasteiger partial charge < -0.3 is 15.8 Å². The molecular weight excluding hydrogens is 220 g/mol. The Kier molecular flexibility index (Phi) is 4.23. The largest absolute Gasteiger partial charge is 0.380 e. The molecule has 0 fully saturated rings. The average molecular weight is 236 g/mol. The highest BCUT2D eigenvalue weighted by atomic mass is 16.5. The lowest BCUT2D eigenvalue weighted by molar-refractivity contribution is 0.141. The Morgan fingerprint density at radius 3 is 3.24 bits per heavy atom. The van der Waals surface area contributed by atoms with Crippen LogP contribution in [0, 0.1) is 0 Å². The van der Waals surface area contributed by atoms with E-state index < -0.39 is 0 Å². The number of hydrogen-bond acceptors (Lipinski definition) is 6. The van der Waals surface area contributed by atoms with Crippen LogP contribution in [0.4, 0.5) is 5.82 Å². The van der Waals surface area contributed by atoms with E-state index in [1.54, 1.807) is 12.5 Å². The molecule has 0 aliphatic carbocycles. The van der Waals surface area contributed by atoms with Crippen LogP contribution in [0.5, 0.6) is 0 Å². The Morgan fingerprint density at radius 1 is 1.41 bits per heavy atom. The van der Waals surface area contributed by atoms with Crippen LogP contribution in [0.25, 0.3) is 5.65 Å². The van der Waals surface area contributed by atoms with E-state index in [4.69, 9.17) is 10.5 Å². The Morgan fingerprint density at radius 2 is 2.35 bits per heavy atom. The first kappa shape index (κ1) is 11.7. The number of nitrogens with zero attached hydrogens (tertiary/aromatic N) is 4. The molecule has 0 bridgehead atoms. The molecule has 0 atom stereocenters. The molecule has 92 valence electrons. The van der Waals surface area contributed by atoms with E-state index in [-0.39, 0.29) is 0 Å². The van der Waals surface area contributed by atoms with Crippen molar-refractivity contribution in [3.05, 3.63) is 18.7 Å². The van der Waals surface area contributed by atoms with E-state index in [9.17, 15) is 0 Å². The zero-order chi connectivity index (χ0) is 11.9. The van der Waals surface area contributed by atoms with E-state index in [0.717, 1.165) is 24.4 Å². The molecule has 3 N–H and O–H groups in total. The van der Waals surface area contributed by atoms with Gasteiger partial charge in [-0.25, -0.2) is 4.98 Å². The number of aromatic nitrogens is 4. The van der Waals surface area contributed by atoms with Crippen molar-refractivity contribution < 1.29 is 4.74 Å². The second kappa shape index (κ2) is 6.12. The maximum atomic E-state index is 5.32. The Hall–Kier alpha value is -1.73. The number of hydrogen-bond donors (Lipinski definition) is 2. The minimum Gasteiger partial charge on any atom is -0.380 e. The molecule has 2 aromatic heterocycles. The van der Waals surface area contributed by atoms with Crippen molar-refractivity contribution in [3.63, 3.8) is 0 Å². The fourth-order valence-corrected chi connectivity index (χ4v) is 1.45. The second-order valence-electron chi connectivity index (χ2n) is 3.52. The predicted octanol–water partition coefficient (Wildman–Crippen LogP) is -0.0984. The summed E-state index contributed by atoms with van der Waals surface area (Å²) in [6, 6.07) is 0. The number of ether oxygens (including phenoxy) is 1. The topological polar surface area (TPSA) is 90.4 Å². The van der Waals surface area contributed by atoms with Crippen molar-refractivity contribution >= 4 is 11.5 Å². The highest BCUT2D eigenvalue weighted by molar-refractivity contribution is 5.61. The van der Waals surface area contributed by atoms with Crippen LogP contribution in [0.2, 0.25) is 0 Å². The molecule has 0 spiro atoms. The Balaban J connectivity index is 1.80. The van der Waals surface area contributed by atoms with Crippen LogP contribution in [0.3, 0.4) is 0 Å². The molecule has 0 aliphatic rings. The predicted molar refractivity (Wildman–Crippen MR) is 63.8 cm³/mol. The molecule has 17 heavy (non-hydrogen) atoms. The first-order valence-corrected chi connectivity index (χ1v) is 5.58. The molecule has 2 rings (SSSR count). The molecule has 0 amide bonds. The monoisotopic (exact) mass is 236 g/mol. The summed E-state index contributed by atoms with van der Waals surface area (Å²) in [6.07, 6.45) is 6.07. The third-order valence-corrected chi connectivity index (χ3v) is 2.24. The smallest absolute Gasteiger partial charge is 0.203 e. The highest BCUT2D eigenvalue weighted by Crippen LogP contribution is 2.09. The standard InChI is InChI=1S/C10H16N6O/c11-2-7-17-6-1-3-12-9-10-15-14-8-16(10)5-4-13-9/h4-5,8H,1-3,6-7,11H2,(H,12,13). The molecule has 0 saturated carbocycles. The van der Waals surface area contributed by atoms with Crippen LogP contribution in [0.1, 0.15) is 6.42 Å². The first-order valence-electron chi connectivity index (χ1n) is 5.58. The van der Waals surface area contributed by atoms with Crippen molar-refractivity contribution in [1.82, 2.24) is 19.6 Å². The van der Waals surface area contributed by atoms with Crippen molar-refractivity contribution in [3.8, 4) is 0 Å². The molecule has 0 aromatic carbocycles. The molecule has 0 unspecified atom stereocenters. The van der Waals surface area contributed by atoms with Gasteiger partial charge in [-0.2, -0.15) is 0 Å². The minimum atomic E-state index is 0.564. The number of rotatable bonds is 7. The summed E-state index contributed by atoms with van der Waals surface area (Å²) in [5.41, 5.74) is 6.05. The van der Waals surface area contributed by atoms with Crippen molar-refractivity contribution in [2.24, 2.45) is 5.73 Å². The molecule has 2 aromatic rings. The van der Waals surface area contributed by atoms with Crippen LogP contribution >= 0.6 is 0 Å². The summed E-state index contributed by atoms with van der Waals surface area (Å²) in [6.45, 7) is 2.65. The van der Waals surface area contributed by atoms with E-state index in [0.29, 0.717) is 19.8 Å². The van der Waals surface area contributed by atoms with Crippen LogP contribution < -0.4 is 11.1 Å². The third kappa shape index (κ3) is 3.11. The summed E-state index contributed by atoms with van der Waals surface area (Å²) in [5, 5.41) is 11.0. The zero-order valence-electron chi connectivity index (χ0n) is 9.54. The Bertz CT molecular complexity index is 457. The quantitative estimate of drug-likeness (QED) is 0.652. The van der Waals surface area contributed by atoms with E-state index in [1.165, 1.54) is 0 Å². The van der Waals surface area contributed by atoms with E-state index >= 15 is 0 Å². The molecule has 2 heterocycles. The lowest BCUT2D eigenvalue weighted by Crippen LogP contribution is -2.12. The number of fused-ring (bicyclic) bond motifs is 1. The SMILES string of the molecule is NCCOCCCNc1nccn2cnnc12. The van der Waals surface area contributed by atoms with Gasteiger partial charge in [-0.05, 0) is 6.42 Å². The molecule has 0 radical (unpaired) electrons. The van der Waals surface area contributed by atoms with Gasteiger partial charge in [0.2, 0.25) is 5.65 Å². The van der Waals surface area contributed by atoms with Crippen molar-refractivity contribution in [2.45, 2.75) is 6.42 Å². The van der Waals surface area contributed by atoms with Gasteiger partial charge >= 0.3 is 0 Å². The lowest BCUT2D eigenvalue weighted by atomic mass is 10.4. The molecule has 0 saturated heterocycles. The van der Waals surface area contributed by atoms with Crippen LogP contribution in [-0.4, -0.2) is 45.9 Å². The van der Waals surface area contributed by atoms with Crippen LogP contribution in [-0.2, 0) is 4.74 Å². The van der Waals surface area contributed by atoms with Crippen LogP contribution in [0.15, 0.2) is 18.7 Å². The van der Waals surface area contributed by atoms with Gasteiger partial charge in [0.25, 0.3) is 0 Å². The van der Waals surface area contributed by atoms with E-state index in [1.807, 2.05) is 10.6 Å². The first-order chi connectivity index (χ1) is 8.42. The lowest BCUT2D eigenvalue weighted by Gasteiger charge is -2.06. The van der Waals surface area contributed by atoms with Gasteiger partial charge in [-0.1, -0.05) is 0 Å². The fourth-order valence-electron chi connectivity index (χ4n) is 1.45. The van der Waals surface area contributed by atoms with Gasteiger partial charge in [0.05, 0.1) is 6.61 Å². The maximum Gasteiger partial charge on any atom is 0.203 e. The zero-order valence-corrected chi connectivity index (χ0v) is 9.54. The van der Waals surface area contributed by atoms with Gasteiger partial charge in [0, 0.05) is 32.1 Å². The highest BCUT2D eigenvalue weighted by Gasteiger charge is 2.02. The summed E-state index contributed by atoms with van der Waals surface area (Å²) < 4.78 is 7.09. The summed E-state index contributed by atoms with van der Waals surface area (Å²) in [4.78, 5) is 4.22. The van der Waals surface area contributed by atoms with Gasteiger partial charge in [-0.15, -0.1) is 10.2 Å². The Labute approximate surface area is 99.0 Å². The molecule has 7 nitrogen and oxygen atoms in total. The summed E-state index contributed by atoms with van der Waals surface area (Å²) in [5.74, 6) is 0.740. The van der Waals surface area contributed by atoms with Gasteiger partial charge in [0.15, 0.2) is 5.82 Å². The third-order valence-electron chi connectivity index (χ3n) is 2.24. The average Bonchev–Trinajstić information content (AvgIpc) is 2.82. The number of nitrogens with two attached hydrogens (primary N) is 1. The summed E-state index contributed by atoms with van der Waals surface area (Å²) >= 11 is 0.